The lowest BCUT2D eigenvalue weighted by molar-refractivity contribution is -0.385. The molecule has 16 N–H and O–H groups in total. The Morgan fingerprint density at radius 2 is 0.338 bits per heavy atom. The SMILES string of the molecule is CCCCCCCCCCO[C@@H]1O[C@H](COS(=O)(=O)O)[C@@H](OS(=O)(=O)O)[C@H](O[C@@H]2O[C@H](COS(=O)(=O)O)[C@@H](OS(=O)(=O)O)[C@H](O[C@@H]3O[C@H](COS(=O)(=O)O)[C@@H](OS(=O)(=O)O)[C@H](O[C@@H]4O[C@H](COS(=O)(=O)O)[C@@H](OS(=O)(=O)O)[C@H](O[C@@H]5O[C@H](COS(=O)(=O)O)[C@@H](OS(=O)(=O)O)[C@H](OS(=O)(=O)O)[C@H]5OS(=O)(=O)O)[C@H]4OS(=O)(=O)O)[C@H]3OS(=O)(=O)O)[C@H]2OS(=O)(=O)O)[C@H]1OS(=O)(=O)O. The van der Waals surface area contributed by atoms with E-state index >= 15 is 0 Å². The maximum Gasteiger partial charge on any atom is 0.397 e. The summed E-state index contributed by atoms with van der Waals surface area (Å²) in [5, 5.41) is 0. The maximum absolute atomic E-state index is 13.4. The van der Waals surface area contributed by atoms with Crippen LogP contribution in [0.15, 0.2) is 0 Å². The highest BCUT2D eigenvalue weighted by molar-refractivity contribution is 7.84. The van der Waals surface area contributed by atoms with Crippen LogP contribution in [0.2, 0.25) is 0 Å². The minimum Gasteiger partial charge on any atom is -0.350 e. The van der Waals surface area contributed by atoms with E-state index < -0.39 is 360 Å². The first-order valence-corrected chi connectivity index (χ1v) is 55.0. The van der Waals surface area contributed by atoms with Gasteiger partial charge in [0.1, 0.15) is 91.6 Å². The second-order valence-corrected chi connectivity index (χ2v) is 42.4. The molecule has 90 heteroatoms. The highest BCUT2D eigenvalue weighted by atomic mass is 32.3. The van der Waals surface area contributed by atoms with E-state index in [4.69, 9.17) is 47.4 Å². The Morgan fingerprint density at radius 1 is 0.185 bits per heavy atom. The van der Waals surface area contributed by atoms with Crippen molar-refractivity contribution in [2.45, 2.75) is 212 Å². The van der Waals surface area contributed by atoms with Crippen molar-refractivity contribution in [3.8, 4) is 0 Å². The Labute approximate surface area is 734 Å². The molecule has 5 saturated heterocycles. The molecule has 0 saturated carbocycles. The van der Waals surface area contributed by atoms with Gasteiger partial charge in [-0.15, -0.1) is 0 Å². The summed E-state index contributed by atoms with van der Waals surface area (Å²) in [5.41, 5.74) is 0. The molecule has 5 aliphatic heterocycles. The van der Waals surface area contributed by atoms with Gasteiger partial charge in [-0.1, -0.05) is 51.9 Å². The lowest BCUT2D eigenvalue weighted by Gasteiger charge is -2.51. The molecule has 0 bridgehead atoms. The lowest BCUT2D eigenvalue weighted by Crippen LogP contribution is -2.70. The summed E-state index contributed by atoms with van der Waals surface area (Å²) >= 11 is 0. The molecule has 5 rings (SSSR count). The van der Waals surface area contributed by atoms with Crippen molar-refractivity contribution in [3.05, 3.63) is 0 Å². The van der Waals surface area contributed by atoms with Gasteiger partial charge in [0.05, 0.1) is 33.0 Å². The minimum absolute atomic E-state index is 0.112. The fraction of sp³-hybridized carbons (Fsp3) is 1.00. The number of ether oxygens (including phenoxy) is 10. The molecule has 5 fully saturated rings. The molecule has 0 aromatic rings. The second-order valence-electron chi connectivity index (χ2n) is 25.4. The van der Waals surface area contributed by atoms with Crippen LogP contribution in [0.4, 0.5) is 0 Å². The van der Waals surface area contributed by atoms with Gasteiger partial charge >= 0.3 is 166 Å². The van der Waals surface area contributed by atoms with Gasteiger partial charge in [0.25, 0.3) is 0 Å². The van der Waals surface area contributed by atoms with Crippen LogP contribution in [-0.4, -0.2) is 401 Å². The van der Waals surface area contributed by atoms with E-state index in [0.29, 0.717) is 25.7 Å². The topological polar surface area (TPSA) is 1110 Å². The minimum atomic E-state index is -7.12. The van der Waals surface area contributed by atoms with E-state index in [9.17, 15) is 208 Å². The summed E-state index contributed by atoms with van der Waals surface area (Å²) in [6.45, 7) is -11.0. The summed E-state index contributed by atoms with van der Waals surface area (Å²) < 4.78 is 691. The first-order chi connectivity index (χ1) is 58.3. The van der Waals surface area contributed by atoms with Crippen LogP contribution in [0.1, 0.15) is 58.3 Å². The molecule has 74 nitrogen and oxygen atoms in total. The fourth-order valence-electron chi connectivity index (χ4n) is 11.8. The standard InChI is InChI=1S/C40H72O74S16/c1-2-3-4-5-6-7-8-9-10-89-36-31(110-126(74,75)76)26(21(104-120(56,57)58)16(95-36)11-90-115(41,42)43)100-37-32(111-127(77,78)79)27(22(105-121(59,60)61)17(96-37)12-91-116(44,45)46)101-38-33(112-128(80,81)82)28(23(106-122(62,63)64)18(97-38)13-92-117(47,48)49)102-39-34(113-129(83,84)85)29(24(107-123(65,66)67)19(98-39)14-93-118(50,51)52)103-40-35(114-130(86,87)88)30(109-125(71,72)73)25(108-124(68,69)70)20(99-40)15-94-119(53,54)55/h16-40H,2-15H2,1H3,(H,41,42,43)(H,44,45,46)(H,47,48,49)(H,50,51,52)(H,53,54,55)(H,56,57,58)(H,59,60,61)(H,62,63,64)(H,65,66,67)(H,68,69,70)(H,71,72,73)(H,74,75,76)(H,77,78,79)(H,80,81,82)(H,83,84,85)(H,86,87,88)/t16-,17-,18-,19-,20-,21-,22-,23-,24-,25-,26+,27+,28+,29+,30+,31-,32-,33-,34-,35-,36-,37+,38+,39+,40+/m1/s1. The predicted octanol–water partition coefficient (Wildman–Crippen LogP) is -10.5. The van der Waals surface area contributed by atoms with Gasteiger partial charge in [0, 0.05) is 6.61 Å². The molecular weight excluding hydrogens is 2180 g/mol. The quantitative estimate of drug-likeness (QED) is 0.0199. The van der Waals surface area contributed by atoms with Crippen molar-refractivity contribution in [2.75, 3.05) is 39.6 Å². The molecule has 0 aromatic carbocycles. The van der Waals surface area contributed by atoms with Gasteiger partial charge in [0.2, 0.25) is 0 Å². The monoisotopic (exact) mass is 2250 g/mol. The highest BCUT2D eigenvalue weighted by Gasteiger charge is 2.65. The summed E-state index contributed by atoms with van der Waals surface area (Å²) in [4.78, 5) is 0. The zero-order valence-corrected chi connectivity index (χ0v) is 75.8. The third-order valence-corrected chi connectivity index (χ3v) is 23.2. The zero-order chi connectivity index (χ0) is 99.7. The van der Waals surface area contributed by atoms with Crippen LogP contribution in [0.25, 0.3) is 0 Å². The molecule has 0 unspecified atom stereocenters. The smallest absolute Gasteiger partial charge is 0.350 e. The maximum atomic E-state index is 13.4. The van der Waals surface area contributed by atoms with Crippen LogP contribution in [0.5, 0.6) is 0 Å². The zero-order valence-electron chi connectivity index (χ0n) is 62.7. The van der Waals surface area contributed by atoms with Gasteiger partial charge < -0.3 is 47.4 Å². The molecule has 0 spiro atoms. The van der Waals surface area contributed by atoms with Gasteiger partial charge in [-0.05, 0) is 6.42 Å². The largest absolute Gasteiger partial charge is 0.397 e. The predicted molar refractivity (Wildman–Crippen MR) is 379 cm³/mol. The number of rotatable bonds is 55. The Balaban J connectivity index is 2.04. The van der Waals surface area contributed by atoms with E-state index in [2.05, 4.69) is 66.9 Å². The fourth-order valence-corrected chi connectivity index (χ4v) is 18.8. The number of unbranched alkanes of at least 4 members (excludes halogenated alkanes) is 7. The van der Waals surface area contributed by atoms with Gasteiger partial charge in [0.15, 0.2) is 62.0 Å². The molecule has 5 heterocycles. The van der Waals surface area contributed by atoms with Crippen molar-refractivity contribution < 1.29 is 322 Å². The van der Waals surface area contributed by atoms with Crippen molar-refractivity contribution in [1.82, 2.24) is 0 Å². The molecule has 5 aliphatic rings. The van der Waals surface area contributed by atoms with Crippen LogP contribution in [0.3, 0.4) is 0 Å². The Morgan fingerprint density at radius 3 is 0.531 bits per heavy atom. The molecule has 0 radical (unpaired) electrons. The van der Waals surface area contributed by atoms with E-state index in [0.717, 1.165) is 12.8 Å². The summed E-state index contributed by atoms with van der Waals surface area (Å²) in [6, 6.07) is 0. The van der Waals surface area contributed by atoms with Crippen LogP contribution in [-0.2, 0) is 281 Å². The van der Waals surface area contributed by atoms with Gasteiger partial charge in [-0.2, -0.15) is 135 Å². The third kappa shape index (κ3) is 44.3. The first kappa shape index (κ1) is 118. The van der Waals surface area contributed by atoms with E-state index in [1.54, 1.807) is 0 Å². The Kier molecular flexibility index (Phi) is 41.6. The van der Waals surface area contributed by atoms with E-state index in [-0.39, 0.29) is 12.8 Å². The van der Waals surface area contributed by atoms with Gasteiger partial charge in [-0.3, -0.25) is 72.8 Å². The average Bonchev–Trinajstić information content (AvgIpc) is 0.744. The molecule has 0 aromatic heterocycles. The lowest BCUT2D eigenvalue weighted by atomic mass is 9.95. The third-order valence-electron chi connectivity index (χ3n) is 15.9. The molecule has 772 valence electrons. The molecule has 130 heavy (non-hydrogen) atoms. The Bertz CT molecular complexity index is 5780. The van der Waals surface area contributed by atoms with Crippen LogP contribution >= 0.6 is 0 Å². The molecular formula is C40H72O74S16. The molecule has 0 amide bonds. The first-order valence-electron chi connectivity index (χ1n) is 33.1. The second kappa shape index (κ2) is 45.8. The van der Waals surface area contributed by atoms with Crippen molar-refractivity contribution in [3.63, 3.8) is 0 Å². The summed E-state index contributed by atoms with van der Waals surface area (Å²) in [7, 11) is -106. The normalized spacial score (nSPS) is 31.7. The van der Waals surface area contributed by atoms with Gasteiger partial charge in [-0.25, -0.2) is 66.9 Å². The van der Waals surface area contributed by atoms with Crippen LogP contribution in [0, 0.1) is 0 Å². The number of hydrogen-bond acceptors (Lipinski definition) is 58. The van der Waals surface area contributed by atoms with Crippen LogP contribution < -0.4 is 0 Å². The van der Waals surface area contributed by atoms with Crippen molar-refractivity contribution in [1.29, 1.82) is 0 Å². The average molecular weight is 2250 g/mol. The molecule has 25 atom stereocenters. The Hall–Kier alpha value is -2.48. The highest BCUT2D eigenvalue weighted by Crippen LogP contribution is 2.44. The summed E-state index contributed by atoms with van der Waals surface area (Å²) in [5.74, 6) is 0. The van der Waals surface area contributed by atoms with E-state index in [1.165, 1.54) is 0 Å². The molecule has 0 aliphatic carbocycles. The van der Waals surface area contributed by atoms with E-state index in [1.807, 2.05) is 6.92 Å². The summed E-state index contributed by atoms with van der Waals surface area (Å²) in [6.07, 6.45) is -91.8. The van der Waals surface area contributed by atoms with Crippen molar-refractivity contribution in [2.24, 2.45) is 0 Å². The van der Waals surface area contributed by atoms with Crippen molar-refractivity contribution >= 4 is 166 Å². The number of hydrogen-bond donors (Lipinski definition) is 16.